The third-order valence-electron chi connectivity index (χ3n) is 3.55. The fourth-order valence-corrected chi connectivity index (χ4v) is 2.24. The van der Waals surface area contributed by atoms with E-state index in [0.717, 1.165) is 0 Å². The van der Waals surface area contributed by atoms with Gasteiger partial charge in [0.2, 0.25) is 0 Å². The van der Waals surface area contributed by atoms with Crippen LogP contribution in [0.4, 0.5) is 0 Å². The minimum atomic E-state index is -1.24. The molecule has 126 valence electrons. The van der Waals surface area contributed by atoms with Crippen LogP contribution in [0.2, 0.25) is 0 Å². The van der Waals surface area contributed by atoms with Gasteiger partial charge in [-0.1, -0.05) is 12.1 Å². The molecule has 1 N–H and O–H groups in total. The molecule has 0 fully saturated rings. The summed E-state index contributed by atoms with van der Waals surface area (Å²) in [4.78, 5) is 23.3. The molecule has 0 aliphatic heterocycles. The van der Waals surface area contributed by atoms with Gasteiger partial charge in [-0.3, -0.25) is 4.79 Å². The quantitative estimate of drug-likeness (QED) is 0.828. The van der Waals surface area contributed by atoms with Crippen molar-refractivity contribution in [2.75, 3.05) is 14.2 Å². The molecular weight excluding hydrogens is 310 g/mol. The van der Waals surface area contributed by atoms with E-state index in [2.05, 4.69) is 5.32 Å². The molecule has 0 heterocycles. The molecule has 0 aliphatic carbocycles. The van der Waals surface area contributed by atoms with Gasteiger partial charge >= 0.3 is 0 Å². The van der Waals surface area contributed by atoms with Gasteiger partial charge < -0.3 is 24.7 Å². The first-order valence-electron chi connectivity index (χ1n) is 7.32. The summed E-state index contributed by atoms with van der Waals surface area (Å²) < 4.78 is 10.1. The first kappa shape index (κ1) is 17.3. The van der Waals surface area contributed by atoms with Gasteiger partial charge in [-0.05, 0) is 42.0 Å². The number of carbonyl (C=O) groups is 2. The number of carboxylic acid groups (broad SMARTS) is 1. The van der Waals surface area contributed by atoms with Crippen LogP contribution in [0.25, 0.3) is 0 Å². The summed E-state index contributed by atoms with van der Waals surface area (Å²) in [6.45, 7) is 0. The van der Waals surface area contributed by atoms with E-state index in [0.29, 0.717) is 22.6 Å². The van der Waals surface area contributed by atoms with Crippen molar-refractivity contribution in [1.29, 1.82) is 0 Å². The summed E-state index contributed by atoms with van der Waals surface area (Å²) in [7, 11) is 3.08. The smallest absolute Gasteiger partial charge is 0.251 e. The summed E-state index contributed by atoms with van der Waals surface area (Å²) in [5, 5.41) is 13.7. The molecule has 1 amide bonds. The van der Waals surface area contributed by atoms with Gasteiger partial charge in [-0.25, -0.2) is 0 Å². The van der Waals surface area contributed by atoms with E-state index in [4.69, 9.17) is 9.47 Å². The van der Waals surface area contributed by atoms with E-state index in [1.807, 2.05) is 0 Å². The molecule has 0 aromatic heterocycles. The van der Waals surface area contributed by atoms with Crippen LogP contribution < -0.4 is 19.9 Å². The Morgan fingerprint density at radius 2 is 1.46 bits per heavy atom. The molecule has 6 nitrogen and oxygen atoms in total. The number of ether oxygens (including phenoxy) is 2. The number of carboxylic acids is 1. The lowest BCUT2D eigenvalue weighted by atomic mass is 10.0. The molecule has 2 aromatic rings. The molecule has 24 heavy (non-hydrogen) atoms. The van der Waals surface area contributed by atoms with Crippen LogP contribution in [0, 0.1) is 0 Å². The van der Waals surface area contributed by atoms with Crippen LogP contribution in [0.5, 0.6) is 11.5 Å². The molecule has 1 unspecified atom stereocenters. The predicted molar refractivity (Wildman–Crippen MR) is 85.8 cm³/mol. The Bertz CT molecular complexity index is 694. The maximum absolute atomic E-state index is 12.3. The van der Waals surface area contributed by atoms with Crippen LogP contribution in [-0.2, 0) is 4.79 Å². The predicted octanol–water partition coefficient (Wildman–Crippen LogP) is 1.31. The minimum absolute atomic E-state index is 0.325. The molecule has 0 radical (unpaired) electrons. The number of hydrogen-bond acceptors (Lipinski definition) is 5. The third-order valence-corrected chi connectivity index (χ3v) is 3.55. The number of aliphatic carboxylic acids is 1. The van der Waals surface area contributed by atoms with Crippen LogP contribution in [0.3, 0.4) is 0 Å². The van der Waals surface area contributed by atoms with Crippen molar-refractivity contribution in [2.45, 2.75) is 12.5 Å². The van der Waals surface area contributed by atoms with Gasteiger partial charge in [0.15, 0.2) is 0 Å². The summed E-state index contributed by atoms with van der Waals surface area (Å²) in [6, 6.07) is 12.7. The number of rotatable bonds is 7. The number of hydrogen-bond donors (Lipinski definition) is 1. The average molecular weight is 328 g/mol. The van der Waals surface area contributed by atoms with Gasteiger partial charge in [0.1, 0.15) is 11.5 Å². The highest BCUT2D eigenvalue weighted by molar-refractivity contribution is 5.94. The van der Waals surface area contributed by atoms with Crippen molar-refractivity contribution >= 4 is 11.9 Å². The molecule has 6 heteroatoms. The zero-order valence-electron chi connectivity index (χ0n) is 13.4. The minimum Gasteiger partial charge on any atom is -0.550 e. The molecule has 0 saturated carbocycles. The van der Waals surface area contributed by atoms with Crippen LogP contribution in [-0.4, -0.2) is 26.1 Å². The van der Waals surface area contributed by atoms with E-state index in [1.54, 1.807) is 55.6 Å². The number of nitrogens with one attached hydrogen (secondary N) is 1. The van der Waals surface area contributed by atoms with E-state index >= 15 is 0 Å². The molecule has 0 aliphatic rings. The topological polar surface area (TPSA) is 87.7 Å². The summed E-state index contributed by atoms with van der Waals surface area (Å²) in [5.41, 5.74) is 1.06. The van der Waals surface area contributed by atoms with Crippen molar-refractivity contribution in [3.63, 3.8) is 0 Å². The lowest BCUT2D eigenvalue weighted by Gasteiger charge is -2.20. The van der Waals surface area contributed by atoms with Gasteiger partial charge in [-0.15, -0.1) is 0 Å². The molecule has 2 aromatic carbocycles. The highest BCUT2D eigenvalue weighted by Crippen LogP contribution is 2.21. The monoisotopic (exact) mass is 328 g/mol. The van der Waals surface area contributed by atoms with Crippen molar-refractivity contribution in [1.82, 2.24) is 5.32 Å². The Hall–Kier alpha value is -3.02. The Balaban J connectivity index is 2.17. The van der Waals surface area contributed by atoms with Gasteiger partial charge in [0.25, 0.3) is 5.91 Å². The van der Waals surface area contributed by atoms with Gasteiger partial charge in [0, 0.05) is 18.0 Å². The summed E-state index contributed by atoms with van der Waals surface area (Å²) >= 11 is 0. The highest BCUT2D eigenvalue weighted by atomic mass is 16.5. The first-order chi connectivity index (χ1) is 11.5. The molecule has 0 saturated heterocycles. The molecule has 2 rings (SSSR count). The summed E-state index contributed by atoms with van der Waals surface area (Å²) in [6.07, 6.45) is -0.325. The second kappa shape index (κ2) is 8.01. The lowest BCUT2D eigenvalue weighted by Crippen LogP contribution is -2.34. The van der Waals surface area contributed by atoms with E-state index in [9.17, 15) is 14.7 Å². The van der Waals surface area contributed by atoms with E-state index in [1.165, 1.54) is 7.11 Å². The fourth-order valence-electron chi connectivity index (χ4n) is 2.24. The SMILES string of the molecule is COc1ccc(C(=O)NC(CC(=O)[O-])c2ccc(OC)cc2)cc1. The maximum Gasteiger partial charge on any atom is 0.251 e. The van der Waals surface area contributed by atoms with Crippen molar-refractivity contribution in [2.24, 2.45) is 0 Å². The molecule has 1 atom stereocenters. The Morgan fingerprint density at radius 3 is 1.92 bits per heavy atom. The fraction of sp³-hybridized carbons (Fsp3) is 0.222. The van der Waals surface area contributed by atoms with Crippen molar-refractivity contribution in [3.05, 3.63) is 59.7 Å². The number of amides is 1. The number of methoxy groups -OCH3 is 2. The number of carbonyl (C=O) groups excluding carboxylic acids is 2. The Kier molecular flexibility index (Phi) is 5.78. The van der Waals surface area contributed by atoms with Crippen molar-refractivity contribution in [3.8, 4) is 11.5 Å². The molecular formula is C18H18NO5-. The third kappa shape index (κ3) is 4.49. The van der Waals surface area contributed by atoms with E-state index in [-0.39, 0.29) is 12.3 Å². The zero-order valence-corrected chi connectivity index (χ0v) is 13.4. The van der Waals surface area contributed by atoms with Crippen LogP contribution >= 0.6 is 0 Å². The maximum atomic E-state index is 12.3. The lowest BCUT2D eigenvalue weighted by molar-refractivity contribution is -0.306. The van der Waals surface area contributed by atoms with Gasteiger partial charge in [0.05, 0.1) is 20.3 Å². The normalized spacial score (nSPS) is 11.4. The van der Waals surface area contributed by atoms with E-state index < -0.39 is 12.0 Å². The Labute approximate surface area is 140 Å². The molecule has 0 spiro atoms. The average Bonchev–Trinajstić information content (AvgIpc) is 2.61. The standard InChI is InChI=1S/C18H19NO5/c1-23-14-7-3-12(4-8-14)16(11-17(20)21)19-18(22)13-5-9-15(24-2)10-6-13/h3-10,16H,11H2,1-2H3,(H,19,22)(H,20,21)/p-1. The van der Waals surface area contributed by atoms with Crippen LogP contribution in [0.15, 0.2) is 48.5 Å². The Morgan fingerprint density at radius 1 is 0.958 bits per heavy atom. The van der Waals surface area contributed by atoms with Gasteiger partial charge in [-0.2, -0.15) is 0 Å². The number of benzene rings is 2. The van der Waals surface area contributed by atoms with Crippen molar-refractivity contribution < 1.29 is 24.2 Å². The van der Waals surface area contributed by atoms with Crippen LogP contribution in [0.1, 0.15) is 28.4 Å². The highest BCUT2D eigenvalue weighted by Gasteiger charge is 2.16. The second-order valence-corrected chi connectivity index (χ2v) is 5.10. The molecule has 0 bridgehead atoms. The second-order valence-electron chi connectivity index (χ2n) is 5.10. The first-order valence-corrected chi connectivity index (χ1v) is 7.32. The largest absolute Gasteiger partial charge is 0.550 e. The zero-order chi connectivity index (χ0) is 17.5. The summed E-state index contributed by atoms with van der Waals surface area (Å²) in [5.74, 6) is -0.342.